The van der Waals surface area contributed by atoms with Crippen LogP contribution >= 0.6 is 0 Å². The summed E-state index contributed by atoms with van der Waals surface area (Å²) in [5.41, 5.74) is 1.19. The van der Waals surface area contributed by atoms with Crippen LogP contribution in [0.25, 0.3) is 0 Å². The van der Waals surface area contributed by atoms with E-state index in [9.17, 15) is 8.42 Å². The van der Waals surface area contributed by atoms with Crippen LogP contribution in [-0.2, 0) is 16.6 Å². The number of benzene rings is 2. The lowest BCUT2D eigenvalue weighted by molar-refractivity contribution is 0.346. The van der Waals surface area contributed by atoms with Crippen molar-refractivity contribution in [3.05, 3.63) is 72.6 Å². The van der Waals surface area contributed by atoms with Crippen LogP contribution in [0.15, 0.2) is 66.9 Å². The van der Waals surface area contributed by atoms with Crippen molar-refractivity contribution >= 4 is 15.7 Å². The summed E-state index contributed by atoms with van der Waals surface area (Å²) in [5.74, 6) is 2.01. The molecule has 0 N–H and O–H groups in total. The van der Waals surface area contributed by atoms with Crippen LogP contribution in [0.1, 0.15) is 12.6 Å². The minimum absolute atomic E-state index is 0.0174. The number of pyridine rings is 1. The van der Waals surface area contributed by atoms with Crippen LogP contribution in [0.5, 0.6) is 23.0 Å². The van der Waals surface area contributed by atoms with Crippen molar-refractivity contribution < 1.29 is 22.6 Å². The molecule has 1 aromatic heterocycles. The first-order valence-electron chi connectivity index (χ1n) is 9.37. The van der Waals surface area contributed by atoms with E-state index < -0.39 is 10.0 Å². The Morgan fingerprint density at radius 3 is 2.10 bits per heavy atom. The van der Waals surface area contributed by atoms with Crippen molar-refractivity contribution in [2.24, 2.45) is 0 Å². The fourth-order valence-electron chi connectivity index (χ4n) is 2.86. The van der Waals surface area contributed by atoms with E-state index in [-0.39, 0.29) is 12.3 Å². The number of para-hydroxylation sites is 1. The smallest absolute Gasteiger partial charge is 0.235 e. The molecule has 0 amide bonds. The van der Waals surface area contributed by atoms with E-state index in [0.29, 0.717) is 34.4 Å². The normalized spacial score (nSPS) is 11.0. The third-order valence-corrected chi connectivity index (χ3v) is 6.20. The minimum atomic E-state index is -3.49. The van der Waals surface area contributed by atoms with E-state index in [1.807, 2.05) is 6.07 Å². The number of hydrogen-bond acceptors (Lipinski definition) is 6. The highest BCUT2D eigenvalue weighted by atomic mass is 32.2. The van der Waals surface area contributed by atoms with E-state index in [4.69, 9.17) is 14.2 Å². The molecule has 7 nitrogen and oxygen atoms in total. The third-order valence-electron chi connectivity index (χ3n) is 4.46. The van der Waals surface area contributed by atoms with Crippen LogP contribution < -0.4 is 18.5 Å². The SMILES string of the molecule is CCS(=O)(=O)N(Cc1ccccn1)c1ccc(Oc2c(OC)cccc2OC)cc1. The van der Waals surface area contributed by atoms with E-state index in [1.54, 1.807) is 81.9 Å². The number of hydrogen-bond donors (Lipinski definition) is 0. The molecule has 0 bridgehead atoms. The first-order chi connectivity index (χ1) is 14.5. The highest BCUT2D eigenvalue weighted by molar-refractivity contribution is 7.92. The predicted octanol–water partition coefficient (Wildman–Crippen LogP) is 4.25. The molecule has 0 atom stereocenters. The van der Waals surface area contributed by atoms with Crippen molar-refractivity contribution in [1.29, 1.82) is 0 Å². The number of sulfonamides is 1. The topological polar surface area (TPSA) is 78.0 Å². The van der Waals surface area contributed by atoms with Gasteiger partial charge in [-0.1, -0.05) is 12.1 Å². The fourth-order valence-corrected chi connectivity index (χ4v) is 3.94. The van der Waals surface area contributed by atoms with Crippen LogP contribution in [-0.4, -0.2) is 33.4 Å². The Balaban J connectivity index is 1.89. The average Bonchev–Trinajstić information content (AvgIpc) is 2.79. The van der Waals surface area contributed by atoms with Gasteiger partial charge >= 0.3 is 0 Å². The Labute approximate surface area is 176 Å². The maximum absolute atomic E-state index is 12.7. The number of rotatable bonds is 9. The van der Waals surface area contributed by atoms with Crippen molar-refractivity contribution in [1.82, 2.24) is 4.98 Å². The first kappa shape index (κ1) is 21.4. The molecule has 8 heteroatoms. The molecule has 3 rings (SSSR count). The summed E-state index contributed by atoms with van der Waals surface area (Å²) in [7, 11) is -0.389. The lowest BCUT2D eigenvalue weighted by atomic mass is 10.2. The molecule has 0 spiro atoms. The van der Waals surface area contributed by atoms with Crippen LogP contribution in [0.4, 0.5) is 5.69 Å². The molecule has 158 valence electrons. The molecule has 0 aliphatic carbocycles. The number of anilines is 1. The van der Waals surface area contributed by atoms with Gasteiger partial charge in [-0.3, -0.25) is 9.29 Å². The molecule has 0 radical (unpaired) electrons. The van der Waals surface area contributed by atoms with E-state index in [1.165, 1.54) is 4.31 Å². The van der Waals surface area contributed by atoms with Gasteiger partial charge in [0, 0.05) is 6.20 Å². The summed E-state index contributed by atoms with van der Waals surface area (Å²) in [5, 5.41) is 0. The van der Waals surface area contributed by atoms with Crippen molar-refractivity contribution in [2.75, 3.05) is 24.3 Å². The molecule has 0 aliphatic rings. The summed E-state index contributed by atoms with van der Waals surface area (Å²) in [6.45, 7) is 1.77. The second-order valence-corrected chi connectivity index (χ2v) is 8.50. The summed E-state index contributed by atoms with van der Waals surface area (Å²) >= 11 is 0. The van der Waals surface area contributed by atoms with E-state index >= 15 is 0 Å². The van der Waals surface area contributed by atoms with Crippen LogP contribution in [0.2, 0.25) is 0 Å². The van der Waals surface area contributed by atoms with Gasteiger partial charge in [-0.25, -0.2) is 8.42 Å². The summed E-state index contributed by atoms with van der Waals surface area (Å²) in [6.07, 6.45) is 1.64. The van der Waals surface area contributed by atoms with Gasteiger partial charge in [0.2, 0.25) is 15.8 Å². The number of methoxy groups -OCH3 is 2. The van der Waals surface area contributed by atoms with E-state index in [2.05, 4.69) is 4.98 Å². The third kappa shape index (κ3) is 4.83. The maximum atomic E-state index is 12.7. The Hall–Kier alpha value is -3.26. The summed E-state index contributed by atoms with van der Waals surface area (Å²) < 4.78 is 43.4. The van der Waals surface area contributed by atoms with Gasteiger partial charge in [0.05, 0.1) is 37.9 Å². The standard InChI is InChI=1S/C22H24N2O5S/c1-4-30(25,26)24(16-17-8-5-6-15-23-17)18-11-13-19(14-12-18)29-22-20(27-2)9-7-10-21(22)28-3/h5-15H,4,16H2,1-3H3. The van der Waals surface area contributed by atoms with Gasteiger partial charge < -0.3 is 14.2 Å². The minimum Gasteiger partial charge on any atom is -0.493 e. The lowest BCUT2D eigenvalue weighted by Crippen LogP contribution is -2.32. The first-order valence-corrected chi connectivity index (χ1v) is 11.0. The van der Waals surface area contributed by atoms with Gasteiger partial charge in [0.25, 0.3) is 0 Å². The monoisotopic (exact) mass is 428 g/mol. The molecule has 1 heterocycles. The van der Waals surface area contributed by atoms with Crippen molar-refractivity contribution in [3.8, 4) is 23.0 Å². The second-order valence-electron chi connectivity index (χ2n) is 6.32. The Bertz CT molecular complexity index is 1050. The number of ether oxygens (including phenoxy) is 3. The Morgan fingerprint density at radius 1 is 0.900 bits per heavy atom. The van der Waals surface area contributed by atoms with Gasteiger partial charge in [-0.2, -0.15) is 0 Å². The lowest BCUT2D eigenvalue weighted by Gasteiger charge is -2.24. The molecule has 0 unspecified atom stereocenters. The Morgan fingerprint density at radius 2 is 1.57 bits per heavy atom. The van der Waals surface area contributed by atoms with Gasteiger partial charge in [-0.15, -0.1) is 0 Å². The maximum Gasteiger partial charge on any atom is 0.235 e. The van der Waals surface area contributed by atoms with Gasteiger partial charge in [0.15, 0.2) is 11.5 Å². The summed E-state index contributed by atoms with van der Waals surface area (Å²) in [6, 6.07) is 17.6. The zero-order valence-corrected chi connectivity index (χ0v) is 17.9. The molecule has 0 aliphatic heterocycles. The van der Waals surface area contributed by atoms with Gasteiger partial charge in [-0.05, 0) is 55.5 Å². The average molecular weight is 429 g/mol. The number of aromatic nitrogens is 1. The molecule has 3 aromatic rings. The molecule has 0 saturated carbocycles. The highest BCUT2D eigenvalue weighted by Crippen LogP contribution is 2.40. The molecular formula is C22H24N2O5S. The van der Waals surface area contributed by atoms with Crippen molar-refractivity contribution in [2.45, 2.75) is 13.5 Å². The van der Waals surface area contributed by atoms with Crippen LogP contribution in [0.3, 0.4) is 0 Å². The molecular weight excluding hydrogens is 404 g/mol. The van der Waals surface area contributed by atoms with Gasteiger partial charge in [0.1, 0.15) is 5.75 Å². The summed E-state index contributed by atoms with van der Waals surface area (Å²) in [4.78, 5) is 4.24. The second kappa shape index (κ2) is 9.49. The molecule has 2 aromatic carbocycles. The van der Waals surface area contributed by atoms with Crippen molar-refractivity contribution in [3.63, 3.8) is 0 Å². The Kier molecular flexibility index (Phi) is 6.79. The molecule has 30 heavy (non-hydrogen) atoms. The fraction of sp³-hybridized carbons (Fsp3) is 0.227. The zero-order chi connectivity index (χ0) is 21.6. The molecule has 0 fully saturated rings. The quantitative estimate of drug-likeness (QED) is 0.507. The number of nitrogens with zero attached hydrogens (tertiary/aromatic N) is 2. The highest BCUT2D eigenvalue weighted by Gasteiger charge is 2.22. The van der Waals surface area contributed by atoms with Crippen LogP contribution in [0, 0.1) is 0 Å². The molecule has 0 saturated heterocycles. The largest absolute Gasteiger partial charge is 0.493 e. The predicted molar refractivity (Wildman–Crippen MR) is 116 cm³/mol. The van der Waals surface area contributed by atoms with E-state index in [0.717, 1.165) is 0 Å². The zero-order valence-electron chi connectivity index (χ0n) is 17.1.